The standard InChI is InChI=1S/C22H34N4O3S/c1-17-23-19(16-30-17)13-25(3)12-18-5-6-21(28-4)22(11-18)29-15-20(27)14-26-9-7-24(2)8-10-26/h5-6,11,16,20,27H,7-10,12-15H2,1-4H3/t20-/m1/s1. The van der Waals surface area contributed by atoms with Gasteiger partial charge in [0.2, 0.25) is 0 Å². The topological polar surface area (TPSA) is 61.3 Å². The number of likely N-dealkylation sites (N-methyl/N-ethyl adjacent to an activating group) is 1. The van der Waals surface area contributed by atoms with Gasteiger partial charge in [-0.1, -0.05) is 6.07 Å². The first-order chi connectivity index (χ1) is 14.4. The van der Waals surface area contributed by atoms with Gasteiger partial charge in [0.05, 0.1) is 17.8 Å². The average Bonchev–Trinajstić information content (AvgIpc) is 3.12. The number of aryl methyl sites for hydroxylation is 1. The van der Waals surface area contributed by atoms with Crippen molar-refractivity contribution in [3.8, 4) is 11.5 Å². The third-order valence-electron chi connectivity index (χ3n) is 5.28. The summed E-state index contributed by atoms with van der Waals surface area (Å²) in [5.74, 6) is 1.36. The lowest BCUT2D eigenvalue weighted by atomic mass is 10.2. The molecule has 0 bridgehead atoms. The van der Waals surface area contributed by atoms with Crippen molar-refractivity contribution in [3.05, 3.63) is 39.8 Å². The molecule has 1 saturated heterocycles. The summed E-state index contributed by atoms with van der Waals surface area (Å²) < 4.78 is 11.4. The Bertz CT molecular complexity index is 792. The van der Waals surface area contributed by atoms with Gasteiger partial charge in [-0.05, 0) is 38.7 Å². The third kappa shape index (κ3) is 6.92. The van der Waals surface area contributed by atoms with E-state index in [2.05, 4.69) is 45.2 Å². The second-order valence-corrected chi connectivity index (χ2v) is 9.15. The number of ether oxygens (including phenoxy) is 2. The van der Waals surface area contributed by atoms with Gasteiger partial charge in [-0.15, -0.1) is 11.3 Å². The van der Waals surface area contributed by atoms with Crippen molar-refractivity contribution in [2.75, 3.05) is 60.5 Å². The second-order valence-electron chi connectivity index (χ2n) is 8.08. The fourth-order valence-electron chi connectivity index (χ4n) is 3.62. The maximum atomic E-state index is 10.4. The van der Waals surface area contributed by atoms with Crippen LogP contribution in [0.2, 0.25) is 0 Å². The highest BCUT2D eigenvalue weighted by atomic mass is 32.1. The number of hydrogen-bond acceptors (Lipinski definition) is 8. The van der Waals surface area contributed by atoms with E-state index in [0.717, 1.165) is 55.5 Å². The van der Waals surface area contributed by atoms with Crippen molar-refractivity contribution in [3.63, 3.8) is 0 Å². The molecular weight excluding hydrogens is 400 g/mol. The number of nitrogens with zero attached hydrogens (tertiary/aromatic N) is 4. The van der Waals surface area contributed by atoms with Crippen molar-refractivity contribution >= 4 is 11.3 Å². The number of β-amino-alcohol motifs (C(OH)–C–C–N with tert-alkyl or cyclic N) is 1. The van der Waals surface area contributed by atoms with E-state index in [9.17, 15) is 5.11 Å². The number of aliphatic hydroxyl groups excluding tert-OH is 1. The quantitative estimate of drug-likeness (QED) is 0.614. The zero-order valence-corrected chi connectivity index (χ0v) is 19.3. The van der Waals surface area contributed by atoms with Crippen molar-refractivity contribution < 1.29 is 14.6 Å². The molecule has 1 aliphatic heterocycles. The van der Waals surface area contributed by atoms with Gasteiger partial charge in [-0.2, -0.15) is 0 Å². The fraction of sp³-hybridized carbons (Fsp3) is 0.591. The molecule has 1 aromatic heterocycles. The van der Waals surface area contributed by atoms with Crippen molar-refractivity contribution in [2.45, 2.75) is 26.1 Å². The smallest absolute Gasteiger partial charge is 0.161 e. The lowest BCUT2D eigenvalue weighted by Crippen LogP contribution is -2.47. The van der Waals surface area contributed by atoms with Crippen LogP contribution in [0.15, 0.2) is 23.6 Å². The van der Waals surface area contributed by atoms with Crippen LogP contribution in [0, 0.1) is 6.92 Å². The largest absolute Gasteiger partial charge is 0.493 e. The number of rotatable bonds is 10. The molecular formula is C22H34N4O3S. The van der Waals surface area contributed by atoms with Crippen LogP contribution < -0.4 is 9.47 Å². The van der Waals surface area contributed by atoms with Crippen molar-refractivity contribution in [1.29, 1.82) is 0 Å². The van der Waals surface area contributed by atoms with E-state index in [-0.39, 0.29) is 6.61 Å². The fourth-order valence-corrected chi connectivity index (χ4v) is 4.23. The minimum atomic E-state index is -0.530. The van der Waals surface area contributed by atoms with Crippen LogP contribution in [-0.4, -0.2) is 91.4 Å². The average molecular weight is 435 g/mol. The van der Waals surface area contributed by atoms with E-state index < -0.39 is 6.10 Å². The molecule has 1 aromatic carbocycles. The lowest BCUT2D eigenvalue weighted by molar-refractivity contribution is 0.0497. The molecule has 1 atom stereocenters. The van der Waals surface area contributed by atoms with Gasteiger partial charge in [-0.3, -0.25) is 9.80 Å². The number of piperazine rings is 1. The van der Waals surface area contributed by atoms with E-state index >= 15 is 0 Å². The first kappa shape index (κ1) is 23.0. The number of aliphatic hydroxyl groups is 1. The molecule has 8 heteroatoms. The number of thiazole rings is 1. The Morgan fingerprint density at radius 1 is 1.20 bits per heavy atom. The molecule has 3 rings (SSSR count). The molecule has 30 heavy (non-hydrogen) atoms. The Morgan fingerprint density at radius 2 is 1.97 bits per heavy atom. The number of aromatic nitrogens is 1. The molecule has 0 aliphatic carbocycles. The highest BCUT2D eigenvalue weighted by Crippen LogP contribution is 2.29. The third-order valence-corrected chi connectivity index (χ3v) is 6.10. The van der Waals surface area contributed by atoms with Gasteiger partial charge in [0.15, 0.2) is 11.5 Å². The molecule has 1 fully saturated rings. The molecule has 1 aliphatic rings. The first-order valence-corrected chi connectivity index (χ1v) is 11.3. The van der Waals surface area contributed by atoms with Crippen LogP contribution in [0.5, 0.6) is 11.5 Å². The summed E-state index contributed by atoms with van der Waals surface area (Å²) in [5.41, 5.74) is 2.23. The van der Waals surface area contributed by atoms with E-state index in [1.54, 1.807) is 18.4 Å². The SMILES string of the molecule is COc1ccc(CN(C)Cc2csc(C)n2)cc1OC[C@H](O)CN1CCN(C)CC1. The summed E-state index contributed by atoms with van der Waals surface area (Å²) >= 11 is 1.68. The Balaban J connectivity index is 1.53. The molecule has 166 valence electrons. The second kappa shape index (κ2) is 11.1. The van der Waals surface area contributed by atoms with Crippen molar-refractivity contribution in [2.24, 2.45) is 0 Å². The van der Waals surface area contributed by atoms with Gasteiger partial charge in [-0.25, -0.2) is 4.98 Å². The summed E-state index contributed by atoms with van der Waals surface area (Å²) in [5, 5.41) is 13.6. The predicted molar refractivity (Wildman–Crippen MR) is 120 cm³/mol. The summed E-state index contributed by atoms with van der Waals surface area (Å²) in [4.78, 5) is 11.4. The summed E-state index contributed by atoms with van der Waals surface area (Å²) in [6.07, 6.45) is -0.530. The number of benzene rings is 1. The Kier molecular flexibility index (Phi) is 8.47. The zero-order chi connectivity index (χ0) is 21.5. The summed E-state index contributed by atoms with van der Waals surface area (Å²) in [7, 11) is 5.85. The molecule has 0 spiro atoms. The molecule has 0 radical (unpaired) electrons. The van der Waals surface area contributed by atoms with E-state index in [1.807, 2.05) is 19.1 Å². The predicted octanol–water partition coefficient (Wildman–Crippen LogP) is 2.08. The highest BCUT2D eigenvalue weighted by Gasteiger charge is 2.18. The van der Waals surface area contributed by atoms with Crippen LogP contribution in [0.3, 0.4) is 0 Å². The molecule has 1 N–H and O–H groups in total. The molecule has 2 aromatic rings. The van der Waals surface area contributed by atoms with Crippen LogP contribution >= 0.6 is 11.3 Å². The van der Waals surface area contributed by atoms with E-state index in [1.165, 1.54) is 0 Å². The lowest BCUT2D eigenvalue weighted by Gasteiger charge is -2.33. The van der Waals surface area contributed by atoms with Gasteiger partial charge in [0, 0.05) is 51.2 Å². The maximum Gasteiger partial charge on any atom is 0.161 e. The molecule has 0 unspecified atom stereocenters. The highest BCUT2D eigenvalue weighted by molar-refractivity contribution is 7.09. The molecule has 2 heterocycles. The zero-order valence-electron chi connectivity index (χ0n) is 18.5. The minimum absolute atomic E-state index is 0.250. The van der Waals surface area contributed by atoms with Gasteiger partial charge < -0.3 is 19.5 Å². The van der Waals surface area contributed by atoms with Crippen molar-refractivity contribution in [1.82, 2.24) is 19.7 Å². The van der Waals surface area contributed by atoms with Crippen LogP contribution in [-0.2, 0) is 13.1 Å². The number of methoxy groups -OCH3 is 1. The van der Waals surface area contributed by atoms with Crippen LogP contribution in [0.25, 0.3) is 0 Å². The molecule has 0 amide bonds. The summed E-state index contributed by atoms with van der Waals surface area (Å²) in [6.45, 7) is 8.53. The minimum Gasteiger partial charge on any atom is -0.493 e. The Labute approximate surface area is 183 Å². The molecule has 7 nitrogen and oxygen atoms in total. The number of hydrogen-bond donors (Lipinski definition) is 1. The van der Waals surface area contributed by atoms with E-state index in [0.29, 0.717) is 18.0 Å². The van der Waals surface area contributed by atoms with Gasteiger partial charge in [0.1, 0.15) is 12.7 Å². The maximum absolute atomic E-state index is 10.4. The van der Waals surface area contributed by atoms with Gasteiger partial charge >= 0.3 is 0 Å². The van der Waals surface area contributed by atoms with Gasteiger partial charge in [0.25, 0.3) is 0 Å². The van der Waals surface area contributed by atoms with E-state index in [4.69, 9.17) is 9.47 Å². The van der Waals surface area contributed by atoms with Crippen LogP contribution in [0.1, 0.15) is 16.3 Å². The Morgan fingerprint density at radius 3 is 2.63 bits per heavy atom. The molecule has 0 saturated carbocycles. The Hall–Kier alpha value is -1.71. The first-order valence-electron chi connectivity index (χ1n) is 10.4. The van der Waals surface area contributed by atoms with Crippen LogP contribution in [0.4, 0.5) is 0 Å². The summed E-state index contributed by atoms with van der Waals surface area (Å²) in [6, 6.07) is 5.98. The monoisotopic (exact) mass is 434 g/mol. The normalized spacial score (nSPS) is 16.7.